The largest absolute Gasteiger partial charge is 0.290 e. The van der Waals surface area contributed by atoms with Crippen LogP contribution in [0.5, 0.6) is 0 Å². The van der Waals surface area contributed by atoms with Crippen molar-refractivity contribution in [3.05, 3.63) is 46.8 Å². The highest BCUT2D eigenvalue weighted by atomic mass is 35.5. The molecule has 0 saturated heterocycles. The number of amides is 1. The summed E-state index contributed by atoms with van der Waals surface area (Å²) in [7, 11) is 0. The predicted molar refractivity (Wildman–Crippen MR) is 63.9 cm³/mol. The fourth-order valence-electron chi connectivity index (χ4n) is 1.31. The maximum absolute atomic E-state index is 13.3. The monoisotopic (exact) mass is 266 g/mol. The van der Waals surface area contributed by atoms with E-state index in [0.29, 0.717) is 5.69 Å². The van der Waals surface area contributed by atoms with Gasteiger partial charge in [-0.3, -0.25) is 10.1 Å². The second-order valence-electron chi connectivity index (χ2n) is 3.45. The Morgan fingerprint density at radius 2 is 2.22 bits per heavy atom. The fourth-order valence-corrected chi connectivity index (χ4v) is 1.55. The molecular weight excluding hydrogens is 259 g/mol. The number of pyridine rings is 1. The Labute approximate surface area is 107 Å². The molecular formula is C11H8ClFN4O. The minimum atomic E-state index is -0.853. The van der Waals surface area contributed by atoms with E-state index in [1.165, 1.54) is 18.3 Å². The Hall–Kier alpha value is -2.08. The summed E-state index contributed by atoms with van der Waals surface area (Å²) in [6.07, 6.45) is 1.26. The van der Waals surface area contributed by atoms with Crippen molar-refractivity contribution in [3.63, 3.8) is 0 Å². The average molecular weight is 267 g/mol. The number of hydrogen-bond acceptors (Lipinski definition) is 4. The van der Waals surface area contributed by atoms with Gasteiger partial charge in [0.2, 0.25) is 11.9 Å². The van der Waals surface area contributed by atoms with Crippen molar-refractivity contribution >= 4 is 23.5 Å². The first-order valence-electron chi connectivity index (χ1n) is 4.99. The second kappa shape index (κ2) is 5.05. The smallest absolute Gasteiger partial charge is 0.262 e. The molecule has 0 radical (unpaired) electrons. The van der Waals surface area contributed by atoms with Crippen molar-refractivity contribution in [2.75, 3.05) is 5.32 Å². The van der Waals surface area contributed by atoms with E-state index in [0.717, 1.165) is 0 Å². The number of halogens is 2. The lowest BCUT2D eigenvalue weighted by molar-refractivity contribution is 0.102. The van der Waals surface area contributed by atoms with Gasteiger partial charge in [0.25, 0.3) is 5.91 Å². The molecule has 92 valence electrons. The van der Waals surface area contributed by atoms with Gasteiger partial charge in [-0.15, -0.1) is 0 Å². The van der Waals surface area contributed by atoms with Crippen LogP contribution in [0.1, 0.15) is 16.1 Å². The summed E-state index contributed by atoms with van der Waals surface area (Å²) < 4.78 is 13.3. The first-order chi connectivity index (χ1) is 8.56. The Morgan fingerprint density at radius 1 is 1.44 bits per heavy atom. The second-order valence-corrected chi connectivity index (χ2v) is 3.84. The molecule has 2 heterocycles. The first kappa shape index (κ1) is 12.4. The number of nitrogens with one attached hydrogen (secondary N) is 1. The molecule has 0 aliphatic carbocycles. The standard InChI is InChI=1S/C11H8ClFN4O/c1-6-5-8(12)16-11(15-6)17-10(18)7-3-2-4-14-9(7)13/h2-5H,1H3,(H,15,16,17,18). The summed E-state index contributed by atoms with van der Waals surface area (Å²) in [5.41, 5.74) is 0.413. The van der Waals surface area contributed by atoms with Crippen LogP contribution in [0, 0.1) is 12.9 Å². The van der Waals surface area contributed by atoms with E-state index < -0.39 is 11.9 Å². The Kier molecular flexibility index (Phi) is 3.47. The minimum Gasteiger partial charge on any atom is -0.290 e. The van der Waals surface area contributed by atoms with E-state index in [4.69, 9.17) is 11.6 Å². The molecule has 18 heavy (non-hydrogen) atoms. The summed E-state index contributed by atoms with van der Waals surface area (Å²) >= 11 is 5.72. The van der Waals surface area contributed by atoms with Gasteiger partial charge >= 0.3 is 0 Å². The topological polar surface area (TPSA) is 67.8 Å². The number of rotatable bonds is 2. The number of nitrogens with zero attached hydrogens (tertiary/aromatic N) is 3. The summed E-state index contributed by atoms with van der Waals surface area (Å²) in [6, 6.07) is 4.32. The van der Waals surface area contributed by atoms with Crippen LogP contribution in [0.4, 0.5) is 10.3 Å². The normalized spacial score (nSPS) is 10.2. The van der Waals surface area contributed by atoms with Crippen molar-refractivity contribution in [3.8, 4) is 0 Å². The lowest BCUT2D eigenvalue weighted by Crippen LogP contribution is -2.16. The van der Waals surface area contributed by atoms with Gasteiger partial charge in [0.15, 0.2) is 0 Å². The maximum atomic E-state index is 13.3. The van der Waals surface area contributed by atoms with Crippen molar-refractivity contribution in [1.29, 1.82) is 0 Å². The minimum absolute atomic E-state index is 0.0215. The molecule has 1 amide bonds. The molecule has 0 aliphatic rings. The summed E-state index contributed by atoms with van der Waals surface area (Å²) in [6.45, 7) is 1.70. The molecule has 0 unspecified atom stereocenters. The molecule has 5 nitrogen and oxygen atoms in total. The summed E-state index contributed by atoms with van der Waals surface area (Å²) in [4.78, 5) is 22.9. The number of carbonyl (C=O) groups is 1. The molecule has 0 aliphatic heterocycles. The van der Waals surface area contributed by atoms with Crippen LogP contribution in [0.15, 0.2) is 24.4 Å². The van der Waals surface area contributed by atoms with Crippen LogP contribution in [-0.2, 0) is 0 Å². The first-order valence-corrected chi connectivity index (χ1v) is 5.37. The zero-order chi connectivity index (χ0) is 13.1. The van der Waals surface area contributed by atoms with Crippen LogP contribution >= 0.6 is 11.6 Å². The highest BCUT2D eigenvalue weighted by Gasteiger charge is 2.13. The number of aromatic nitrogens is 3. The van der Waals surface area contributed by atoms with Gasteiger partial charge in [-0.05, 0) is 25.1 Å². The van der Waals surface area contributed by atoms with Gasteiger partial charge in [0.1, 0.15) is 5.15 Å². The SMILES string of the molecule is Cc1cc(Cl)nc(NC(=O)c2cccnc2F)n1. The van der Waals surface area contributed by atoms with E-state index >= 15 is 0 Å². The molecule has 7 heteroatoms. The van der Waals surface area contributed by atoms with Crippen LogP contribution in [0.3, 0.4) is 0 Å². The van der Waals surface area contributed by atoms with E-state index in [-0.39, 0.29) is 16.7 Å². The van der Waals surface area contributed by atoms with Crippen LogP contribution < -0.4 is 5.32 Å². The molecule has 0 spiro atoms. The number of anilines is 1. The third-order valence-corrected chi connectivity index (χ3v) is 2.25. The Bertz CT molecular complexity index is 585. The van der Waals surface area contributed by atoms with Gasteiger partial charge in [0, 0.05) is 11.9 Å². The number of aryl methyl sites for hydroxylation is 1. The average Bonchev–Trinajstić information content (AvgIpc) is 2.27. The summed E-state index contributed by atoms with van der Waals surface area (Å²) in [5, 5.41) is 2.55. The number of carbonyl (C=O) groups excluding carboxylic acids is 1. The van der Waals surface area contributed by atoms with Crippen molar-refractivity contribution in [2.45, 2.75) is 6.92 Å². The van der Waals surface area contributed by atoms with E-state index in [1.54, 1.807) is 13.0 Å². The van der Waals surface area contributed by atoms with Crippen molar-refractivity contribution in [2.24, 2.45) is 0 Å². The predicted octanol–water partition coefficient (Wildman–Crippen LogP) is 2.22. The highest BCUT2D eigenvalue weighted by molar-refractivity contribution is 6.29. The molecule has 0 fully saturated rings. The molecule has 0 atom stereocenters. The number of hydrogen-bond donors (Lipinski definition) is 1. The van der Waals surface area contributed by atoms with Gasteiger partial charge in [0.05, 0.1) is 5.56 Å². The van der Waals surface area contributed by atoms with Crippen molar-refractivity contribution < 1.29 is 9.18 Å². The van der Waals surface area contributed by atoms with E-state index in [9.17, 15) is 9.18 Å². The van der Waals surface area contributed by atoms with Gasteiger partial charge in [-0.2, -0.15) is 4.39 Å². The third kappa shape index (κ3) is 2.78. The molecule has 2 aromatic heterocycles. The lowest BCUT2D eigenvalue weighted by Gasteiger charge is -2.05. The fraction of sp³-hybridized carbons (Fsp3) is 0.0909. The van der Waals surface area contributed by atoms with Crippen molar-refractivity contribution in [1.82, 2.24) is 15.0 Å². The zero-order valence-corrected chi connectivity index (χ0v) is 10.1. The van der Waals surface area contributed by atoms with E-state index in [2.05, 4.69) is 20.3 Å². The summed E-state index contributed by atoms with van der Waals surface area (Å²) in [5.74, 6) is -1.51. The quantitative estimate of drug-likeness (QED) is 0.668. The highest BCUT2D eigenvalue weighted by Crippen LogP contribution is 2.11. The van der Waals surface area contributed by atoms with E-state index in [1.807, 2.05) is 0 Å². The van der Waals surface area contributed by atoms with Crippen LogP contribution in [0.2, 0.25) is 5.15 Å². The molecule has 1 N–H and O–H groups in total. The molecule has 2 rings (SSSR count). The van der Waals surface area contributed by atoms with Gasteiger partial charge < -0.3 is 0 Å². The van der Waals surface area contributed by atoms with Gasteiger partial charge in [-0.1, -0.05) is 11.6 Å². The molecule has 0 bridgehead atoms. The lowest BCUT2D eigenvalue weighted by atomic mass is 10.2. The third-order valence-electron chi connectivity index (χ3n) is 2.05. The van der Waals surface area contributed by atoms with Crippen LogP contribution in [0.25, 0.3) is 0 Å². The molecule has 0 aromatic carbocycles. The Balaban J connectivity index is 2.24. The van der Waals surface area contributed by atoms with Gasteiger partial charge in [-0.25, -0.2) is 15.0 Å². The molecule has 2 aromatic rings. The van der Waals surface area contributed by atoms with Crippen LogP contribution in [-0.4, -0.2) is 20.9 Å². The zero-order valence-electron chi connectivity index (χ0n) is 9.32. The molecule has 0 saturated carbocycles. The Morgan fingerprint density at radius 3 is 2.89 bits per heavy atom. The maximum Gasteiger partial charge on any atom is 0.262 e.